The highest BCUT2D eigenvalue weighted by molar-refractivity contribution is 5.76. The van der Waals surface area contributed by atoms with Crippen LogP contribution in [0, 0.1) is 0 Å². The number of hydrogen-bond acceptors (Lipinski definition) is 2. The molecule has 0 saturated heterocycles. The Morgan fingerprint density at radius 2 is 1.95 bits per heavy atom. The molecule has 0 bridgehead atoms. The Kier molecular flexibility index (Phi) is 7.41. The highest BCUT2D eigenvalue weighted by atomic mass is 16.4. The van der Waals surface area contributed by atoms with Crippen molar-refractivity contribution in [3.8, 4) is 0 Å². The van der Waals surface area contributed by atoms with Crippen molar-refractivity contribution < 1.29 is 14.7 Å². The summed E-state index contributed by atoms with van der Waals surface area (Å²) >= 11 is 0. The first-order chi connectivity index (χ1) is 9.58. The average Bonchev–Trinajstić information content (AvgIpc) is 3.20. The summed E-state index contributed by atoms with van der Waals surface area (Å²) in [5.74, 6) is -0.848. The maximum atomic E-state index is 12.3. The topological polar surface area (TPSA) is 69.6 Å². The van der Waals surface area contributed by atoms with E-state index in [1.54, 1.807) is 4.90 Å². The van der Waals surface area contributed by atoms with Gasteiger partial charge in [-0.3, -0.25) is 4.79 Å². The number of rotatable bonds is 10. The summed E-state index contributed by atoms with van der Waals surface area (Å²) in [6.07, 6.45) is 7.31. The zero-order valence-electron chi connectivity index (χ0n) is 12.7. The first kappa shape index (κ1) is 16.8. The fourth-order valence-corrected chi connectivity index (χ4v) is 2.40. The van der Waals surface area contributed by atoms with Gasteiger partial charge in [-0.2, -0.15) is 0 Å². The van der Waals surface area contributed by atoms with Crippen molar-refractivity contribution in [3.05, 3.63) is 0 Å². The highest BCUT2D eigenvalue weighted by Gasteiger charge is 2.33. The van der Waals surface area contributed by atoms with Crippen molar-refractivity contribution in [2.45, 2.75) is 77.3 Å². The molecule has 2 amide bonds. The Hall–Kier alpha value is -1.26. The van der Waals surface area contributed by atoms with Crippen LogP contribution in [0.2, 0.25) is 0 Å². The molecule has 116 valence electrons. The van der Waals surface area contributed by atoms with Gasteiger partial charge in [0.05, 0.1) is 6.42 Å². The second-order valence-corrected chi connectivity index (χ2v) is 5.65. The number of hydrogen-bond donors (Lipinski definition) is 2. The molecule has 0 aromatic heterocycles. The van der Waals surface area contributed by atoms with Crippen LogP contribution < -0.4 is 5.32 Å². The number of urea groups is 1. The number of nitrogens with one attached hydrogen (secondary N) is 1. The van der Waals surface area contributed by atoms with Gasteiger partial charge in [0.1, 0.15) is 0 Å². The summed E-state index contributed by atoms with van der Waals surface area (Å²) in [4.78, 5) is 24.7. The molecule has 0 aromatic carbocycles. The van der Waals surface area contributed by atoms with E-state index in [9.17, 15) is 9.59 Å². The number of carbonyl (C=O) groups is 2. The Morgan fingerprint density at radius 3 is 2.45 bits per heavy atom. The van der Waals surface area contributed by atoms with E-state index in [0.29, 0.717) is 6.54 Å². The van der Waals surface area contributed by atoms with E-state index < -0.39 is 5.97 Å². The fraction of sp³-hybridized carbons (Fsp3) is 0.867. The Bertz CT molecular complexity index is 316. The van der Waals surface area contributed by atoms with Crippen molar-refractivity contribution >= 4 is 12.0 Å². The van der Waals surface area contributed by atoms with Gasteiger partial charge >= 0.3 is 12.0 Å². The van der Waals surface area contributed by atoms with Gasteiger partial charge in [0.15, 0.2) is 0 Å². The molecule has 5 heteroatoms. The lowest BCUT2D eigenvalue weighted by atomic mass is 10.1. The van der Waals surface area contributed by atoms with E-state index in [1.807, 2.05) is 0 Å². The predicted molar refractivity (Wildman–Crippen MR) is 78.7 cm³/mol. The second kappa shape index (κ2) is 8.82. The molecule has 2 N–H and O–H groups in total. The summed E-state index contributed by atoms with van der Waals surface area (Å²) in [5, 5.41) is 11.9. The highest BCUT2D eigenvalue weighted by Crippen LogP contribution is 2.27. The summed E-state index contributed by atoms with van der Waals surface area (Å²) in [6, 6.07) is 0.393. The van der Waals surface area contributed by atoms with Crippen LogP contribution in [0.3, 0.4) is 0 Å². The van der Waals surface area contributed by atoms with Gasteiger partial charge in [-0.25, -0.2) is 4.79 Å². The number of aliphatic carboxylic acids is 1. The first-order valence-corrected chi connectivity index (χ1v) is 7.87. The van der Waals surface area contributed by atoms with E-state index >= 15 is 0 Å². The normalized spacial score (nSPS) is 15.7. The lowest BCUT2D eigenvalue weighted by Gasteiger charge is -2.26. The molecule has 20 heavy (non-hydrogen) atoms. The molecule has 1 saturated carbocycles. The lowest BCUT2D eigenvalue weighted by molar-refractivity contribution is -0.137. The van der Waals surface area contributed by atoms with Crippen LogP contribution in [-0.4, -0.2) is 40.6 Å². The van der Waals surface area contributed by atoms with Crippen LogP contribution in [-0.2, 0) is 4.79 Å². The minimum Gasteiger partial charge on any atom is -0.481 e. The molecular weight excluding hydrogens is 256 g/mol. The minimum atomic E-state index is -0.848. The van der Waals surface area contributed by atoms with E-state index in [0.717, 1.165) is 44.9 Å². The standard InChI is InChI=1S/C15H28N2O3/c1-3-5-7-12(6-4-2)16-15(20)17(13-8-9-13)11-10-14(18)19/h12-13H,3-11H2,1-2H3,(H,16,20)(H,18,19). The van der Waals surface area contributed by atoms with Gasteiger partial charge in [0.25, 0.3) is 0 Å². The molecule has 1 rings (SSSR count). The Labute approximate surface area is 121 Å². The van der Waals surface area contributed by atoms with Gasteiger partial charge in [-0.15, -0.1) is 0 Å². The maximum Gasteiger partial charge on any atom is 0.317 e. The molecule has 5 nitrogen and oxygen atoms in total. The van der Waals surface area contributed by atoms with Crippen LogP contribution in [0.15, 0.2) is 0 Å². The van der Waals surface area contributed by atoms with Crippen molar-refractivity contribution in [1.82, 2.24) is 10.2 Å². The van der Waals surface area contributed by atoms with Crippen LogP contribution >= 0.6 is 0 Å². The second-order valence-electron chi connectivity index (χ2n) is 5.65. The molecule has 0 aliphatic heterocycles. The van der Waals surface area contributed by atoms with Crippen molar-refractivity contribution in [2.24, 2.45) is 0 Å². The third-order valence-electron chi connectivity index (χ3n) is 3.69. The number of amides is 2. The fourth-order valence-electron chi connectivity index (χ4n) is 2.40. The molecule has 0 radical (unpaired) electrons. The van der Waals surface area contributed by atoms with Gasteiger partial charge in [-0.1, -0.05) is 33.1 Å². The van der Waals surface area contributed by atoms with Crippen LogP contribution in [0.25, 0.3) is 0 Å². The third-order valence-corrected chi connectivity index (χ3v) is 3.69. The molecule has 0 aromatic rings. The van der Waals surface area contributed by atoms with Gasteiger partial charge < -0.3 is 15.3 Å². The summed E-state index contributed by atoms with van der Waals surface area (Å²) < 4.78 is 0. The van der Waals surface area contributed by atoms with Gasteiger partial charge in [0.2, 0.25) is 0 Å². The number of unbranched alkanes of at least 4 members (excludes halogenated alkanes) is 1. The molecule has 1 aliphatic rings. The zero-order chi connectivity index (χ0) is 15.0. The minimum absolute atomic E-state index is 0.0251. The van der Waals surface area contributed by atoms with E-state index in [2.05, 4.69) is 19.2 Å². The number of carboxylic acids is 1. The Balaban J connectivity index is 2.47. The van der Waals surface area contributed by atoms with E-state index in [-0.39, 0.29) is 24.5 Å². The first-order valence-electron chi connectivity index (χ1n) is 7.87. The predicted octanol–water partition coefficient (Wildman–Crippen LogP) is 2.99. The average molecular weight is 284 g/mol. The summed E-state index contributed by atoms with van der Waals surface area (Å²) in [6.45, 7) is 4.58. The number of carboxylic acid groups (broad SMARTS) is 1. The largest absolute Gasteiger partial charge is 0.481 e. The summed E-state index contributed by atoms with van der Waals surface area (Å²) in [5.41, 5.74) is 0. The molecule has 1 atom stereocenters. The van der Waals surface area contributed by atoms with Crippen molar-refractivity contribution in [2.75, 3.05) is 6.54 Å². The monoisotopic (exact) mass is 284 g/mol. The Morgan fingerprint density at radius 1 is 1.25 bits per heavy atom. The van der Waals surface area contributed by atoms with Crippen molar-refractivity contribution in [1.29, 1.82) is 0 Å². The zero-order valence-corrected chi connectivity index (χ0v) is 12.7. The third kappa shape index (κ3) is 6.26. The SMILES string of the molecule is CCCCC(CCC)NC(=O)N(CCC(=O)O)C1CC1. The molecule has 0 heterocycles. The van der Waals surface area contributed by atoms with E-state index in [4.69, 9.17) is 5.11 Å². The molecule has 1 fully saturated rings. The summed E-state index contributed by atoms with van der Waals surface area (Å²) in [7, 11) is 0. The van der Waals surface area contributed by atoms with Crippen LogP contribution in [0.1, 0.15) is 65.2 Å². The van der Waals surface area contributed by atoms with Gasteiger partial charge in [0, 0.05) is 18.6 Å². The molecule has 0 spiro atoms. The molecule has 1 aliphatic carbocycles. The van der Waals surface area contributed by atoms with Crippen molar-refractivity contribution in [3.63, 3.8) is 0 Å². The smallest absolute Gasteiger partial charge is 0.317 e. The number of carbonyl (C=O) groups excluding carboxylic acids is 1. The maximum absolute atomic E-state index is 12.3. The molecular formula is C15H28N2O3. The quantitative estimate of drug-likeness (QED) is 0.648. The number of nitrogens with zero attached hydrogens (tertiary/aromatic N) is 1. The van der Waals surface area contributed by atoms with Gasteiger partial charge in [-0.05, 0) is 25.7 Å². The van der Waals surface area contributed by atoms with Crippen LogP contribution in [0.5, 0.6) is 0 Å². The molecule has 1 unspecified atom stereocenters. The lowest BCUT2D eigenvalue weighted by Crippen LogP contribution is -2.46. The van der Waals surface area contributed by atoms with Crippen LogP contribution in [0.4, 0.5) is 4.79 Å². The van der Waals surface area contributed by atoms with E-state index in [1.165, 1.54) is 0 Å².